The SMILES string of the molecule is O=CBr.c1ccc2ncccc2c1.c1ccc2ncccc2c1. The predicted molar refractivity (Wildman–Crippen MR) is 99.2 cm³/mol. The molecule has 0 bridgehead atoms. The zero-order valence-corrected chi connectivity index (χ0v) is 13.9. The van der Waals surface area contributed by atoms with Gasteiger partial charge in [-0.1, -0.05) is 48.5 Å². The summed E-state index contributed by atoms with van der Waals surface area (Å²) in [5.41, 5.74) is 2.12. The molecule has 0 aliphatic carbocycles. The van der Waals surface area contributed by atoms with E-state index >= 15 is 0 Å². The molecule has 4 aromatic rings. The second-order valence-electron chi connectivity index (χ2n) is 4.48. The van der Waals surface area contributed by atoms with E-state index in [1.54, 1.807) is 0 Å². The fraction of sp³-hybridized carbons (Fsp3) is 0. The van der Waals surface area contributed by atoms with E-state index < -0.39 is 0 Å². The number of hydrogen-bond acceptors (Lipinski definition) is 3. The Hall–Kier alpha value is -2.59. The first-order valence-electron chi connectivity index (χ1n) is 6.98. The number of fused-ring (bicyclic) bond motifs is 2. The number of rotatable bonds is 0. The van der Waals surface area contributed by atoms with E-state index in [2.05, 4.69) is 50.2 Å². The van der Waals surface area contributed by atoms with Crippen molar-refractivity contribution in [2.45, 2.75) is 0 Å². The summed E-state index contributed by atoms with van der Waals surface area (Å²) in [6.45, 7) is 0. The number of hydrogen-bond donors (Lipinski definition) is 0. The van der Waals surface area contributed by atoms with Gasteiger partial charge in [0.15, 0.2) is 5.20 Å². The van der Waals surface area contributed by atoms with Crippen LogP contribution in [0.1, 0.15) is 0 Å². The summed E-state index contributed by atoms with van der Waals surface area (Å²) in [5.74, 6) is 0. The molecular formula is C19H15BrN2O. The van der Waals surface area contributed by atoms with E-state index in [0.29, 0.717) is 5.20 Å². The monoisotopic (exact) mass is 366 g/mol. The van der Waals surface area contributed by atoms with Gasteiger partial charge in [-0.05, 0) is 40.2 Å². The van der Waals surface area contributed by atoms with Crippen molar-refractivity contribution in [1.82, 2.24) is 9.97 Å². The molecule has 3 nitrogen and oxygen atoms in total. The summed E-state index contributed by atoms with van der Waals surface area (Å²) in [4.78, 5) is 17.1. The van der Waals surface area contributed by atoms with Crippen LogP contribution < -0.4 is 0 Å². The number of pyridine rings is 2. The molecule has 0 aliphatic heterocycles. The molecule has 0 atom stereocenters. The number of carbonyl (C=O) groups excluding carboxylic acids is 1. The summed E-state index contributed by atoms with van der Waals surface area (Å²) >= 11 is 2.47. The topological polar surface area (TPSA) is 42.9 Å². The van der Waals surface area contributed by atoms with Crippen molar-refractivity contribution in [2.24, 2.45) is 0 Å². The quantitative estimate of drug-likeness (QED) is 0.323. The minimum absolute atomic E-state index is 0.562. The molecule has 0 saturated carbocycles. The largest absolute Gasteiger partial charge is 0.290 e. The third-order valence-electron chi connectivity index (χ3n) is 3.02. The standard InChI is InChI=1S/2C9H7N.CHBrO/c2*1-2-6-9-8(4-1)5-3-7-10-9;2-1-3/h2*1-7H;1H. The fourth-order valence-corrected chi connectivity index (χ4v) is 2.03. The van der Waals surface area contributed by atoms with Gasteiger partial charge in [0.25, 0.3) is 0 Å². The summed E-state index contributed by atoms with van der Waals surface area (Å²) in [6, 6.07) is 24.2. The molecule has 0 N–H and O–H groups in total. The molecule has 0 saturated heterocycles. The lowest BCUT2D eigenvalue weighted by atomic mass is 10.2. The van der Waals surface area contributed by atoms with Gasteiger partial charge in [0.05, 0.1) is 11.0 Å². The Morgan fingerprint density at radius 3 is 1.39 bits per heavy atom. The first-order chi connectivity index (χ1) is 11.3. The van der Waals surface area contributed by atoms with Gasteiger partial charge in [-0.2, -0.15) is 0 Å². The minimum Gasteiger partial charge on any atom is -0.290 e. The average molecular weight is 367 g/mol. The first-order valence-corrected chi connectivity index (χ1v) is 7.90. The molecule has 2 heterocycles. The Morgan fingerprint density at radius 2 is 1.00 bits per heavy atom. The third-order valence-corrected chi connectivity index (χ3v) is 3.02. The predicted octanol–water partition coefficient (Wildman–Crippen LogP) is 5.04. The van der Waals surface area contributed by atoms with Crippen LogP contribution in [0.3, 0.4) is 0 Å². The van der Waals surface area contributed by atoms with Crippen LogP contribution in [-0.4, -0.2) is 15.2 Å². The Kier molecular flexibility index (Phi) is 6.88. The van der Waals surface area contributed by atoms with E-state index in [1.165, 1.54) is 10.8 Å². The molecule has 0 radical (unpaired) electrons. The van der Waals surface area contributed by atoms with E-state index in [1.807, 2.05) is 60.9 Å². The molecule has 0 spiro atoms. The maximum atomic E-state index is 8.72. The Balaban J connectivity index is 0.000000143. The highest BCUT2D eigenvalue weighted by atomic mass is 79.9. The first kappa shape index (κ1) is 16.8. The van der Waals surface area contributed by atoms with Crippen LogP contribution in [0.5, 0.6) is 0 Å². The molecule has 2 aromatic heterocycles. The maximum absolute atomic E-state index is 8.72. The second kappa shape index (κ2) is 9.43. The number of halogens is 1. The van der Waals surface area contributed by atoms with Crippen LogP contribution >= 0.6 is 15.9 Å². The van der Waals surface area contributed by atoms with Gasteiger partial charge in [0.1, 0.15) is 0 Å². The summed E-state index contributed by atoms with van der Waals surface area (Å²) < 4.78 is 0. The normalized spacial score (nSPS) is 9.26. The van der Waals surface area contributed by atoms with Crippen molar-refractivity contribution in [3.8, 4) is 0 Å². The van der Waals surface area contributed by atoms with Crippen molar-refractivity contribution >= 4 is 42.9 Å². The molecule has 4 heteroatoms. The Labute approximate surface area is 143 Å². The van der Waals surface area contributed by atoms with Crippen LogP contribution in [0.4, 0.5) is 0 Å². The van der Waals surface area contributed by atoms with Crippen molar-refractivity contribution < 1.29 is 4.79 Å². The van der Waals surface area contributed by atoms with Crippen LogP contribution in [0.15, 0.2) is 85.2 Å². The highest BCUT2D eigenvalue weighted by Crippen LogP contribution is 2.08. The molecule has 0 unspecified atom stereocenters. The summed E-state index contributed by atoms with van der Waals surface area (Å²) in [6.07, 6.45) is 3.62. The molecule has 4 rings (SSSR count). The Morgan fingerprint density at radius 1 is 0.652 bits per heavy atom. The van der Waals surface area contributed by atoms with Gasteiger partial charge < -0.3 is 0 Å². The van der Waals surface area contributed by atoms with Crippen molar-refractivity contribution in [1.29, 1.82) is 0 Å². The maximum Gasteiger partial charge on any atom is 0.185 e. The van der Waals surface area contributed by atoms with E-state index in [-0.39, 0.29) is 0 Å². The van der Waals surface area contributed by atoms with Gasteiger partial charge in [0.2, 0.25) is 0 Å². The van der Waals surface area contributed by atoms with Crippen molar-refractivity contribution in [2.75, 3.05) is 0 Å². The van der Waals surface area contributed by atoms with Crippen LogP contribution in [0, 0.1) is 0 Å². The van der Waals surface area contributed by atoms with Gasteiger partial charge in [0, 0.05) is 23.2 Å². The molecule has 114 valence electrons. The molecule has 0 aliphatic rings. The van der Waals surface area contributed by atoms with Gasteiger partial charge in [-0.15, -0.1) is 0 Å². The van der Waals surface area contributed by atoms with E-state index in [9.17, 15) is 0 Å². The number of para-hydroxylation sites is 2. The number of carbonyl (C=O) groups is 1. The van der Waals surface area contributed by atoms with E-state index in [0.717, 1.165) is 11.0 Å². The lowest BCUT2D eigenvalue weighted by Crippen LogP contribution is -1.73. The zero-order valence-electron chi connectivity index (χ0n) is 12.3. The molecular weight excluding hydrogens is 352 g/mol. The van der Waals surface area contributed by atoms with Crippen molar-refractivity contribution in [3.05, 3.63) is 85.2 Å². The molecule has 23 heavy (non-hydrogen) atoms. The van der Waals surface area contributed by atoms with Gasteiger partial charge in [-0.25, -0.2) is 0 Å². The van der Waals surface area contributed by atoms with Gasteiger partial charge in [-0.3, -0.25) is 14.8 Å². The highest BCUT2D eigenvalue weighted by molar-refractivity contribution is 9.17. The zero-order chi connectivity index (χ0) is 16.3. The van der Waals surface area contributed by atoms with E-state index in [4.69, 9.17) is 4.79 Å². The smallest absolute Gasteiger partial charge is 0.185 e. The van der Waals surface area contributed by atoms with Gasteiger partial charge >= 0.3 is 0 Å². The lowest BCUT2D eigenvalue weighted by Gasteiger charge is -1.91. The minimum atomic E-state index is 0.562. The average Bonchev–Trinajstić information content (AvgIpc) is 2.63. The lowest BCUT2D eigenvalue weighted by molar-refractivity contribution is 0.571. The number of benzene rings is 2. The Bertz CT molecular complexity index is 678. The third kappa shape index (κ3) is 5.27. The van der Waals surface area contributed by atoms with Crippen molar-refractivity contribution in [3.63, 3.8) is 0 Å². The van der Waals surface area contributed by atoms with Crippen LogP contribution in [0.2, 0.25) is 0 Å². The fourth-order valence-electron chi connectivity index (χ4n) is 2.03. The summed E-state index contributed by atoms with van der Waals surface area (Å²) in [7, 11) is 0. The number of aromatic nitrogens is 2. The van der Waals surface area contributed by atoms with Crippen LogP contribution in [-0.2, 0) is 4.79 Å². The summed E-state index contributed by atoms with van der Waals surface area (Å²) in [5, 5.41) is 2.96. The number of nitrogens with zero attached hydrogens (tertiary/aromatic N) is 2. The highest BCUT2D eigenvalue weighted by Gasteiger charge is 1.87. The van der Waals surface area contributed by atoms with Crippen LogP contribution in [0.25, 0.3) is 21.8 Å². The second-order valence-corrected chi connectivity index (χ2v) is 4.86. The molecule has 2 aromatic carbocycles. The molecule has 0 amide bonds. The molecule has 0 fully saturated rings.